The topological polar surface area (TPSA) is 38.8 Å². The lowest BCUT2D eigenvalue weighted by atomic mass is 9.91. The van der Waals surface area contributed by atoms with Crippen molar-refractivity contribution in [1.29, 1.82) is 0 Å². The first-order valence-corrected chi connectivity index (χ1v) is 7.10. The molecule has 0 atom stereocenters. The van der Waals surface area contributed by atoms with E-state index in [1.807, 2.05) is 25.1 Å². The third-order valence-corrected chi connectivity index (χ3v) is 3.46. The second kappa shape index (κ2) is 8.25. The highest BCUT2D eigenvalue weighted by Gasteiger charge is 2.20. The number of rotatable bonds is 8. The fourth-order valence-corrected chi connectivity index (χ4v) is 1.17. The molecule has 0 saturated heterocycles. The summed E-state index contributed by atoms with van der Waals surface area (Å²) in [5, 5.41) is 0. The Morgan fingerprint density at radius 3 is 2.00 bits per heavy atom. The van der Waals surface area contributed by atoms with Gasteiger partial charge in [-0.1, -0.05) is 33.6 Å². The van der Waals surface area contributed by atoms with Crippen LogP contribution in [0.2, 0.25) is 0 Å². The molecule has 0 radical (unpaired) electrons. The van der Waals surface area contributed by atoms with Crippen LogP contribution in [0, 0.1) is 5.41 Å². The summed E-state index contributed by atoms with van der Waals surface area (Å²) in [5.41, 5.74) is -0.303. The Morgan fingerprint density at radius 1 is 1.00 bits per heavy atom. The van der Waals surface area contributed by atoms with Crippen molar-refractivity contribution in [2.75, 3.05) is 33.0 Å². The molecule has 0 spiro atoms. The molecule has 0 amide bonds. The second-order valence-electron chi connectivity index (χ2n) is 6.63. The van der Waals surface area contributed by atoms with Crippen molar-refractivity contribution < 1.29 is 14.3 Å². The molecule has 0 saturated carbocycles. The van der Waals surface area contributed by atoms with Crippen molar-refractivity contribution >= 4 is 18.6 Å². The van der Waals surface area contributed by atoms with Crippen molar-refractivity contribution in [3.8, 4) is 0 Å². The summed E-state index contributed by atoms with van der Waals surface area (Å²) in [6.07, 6.45) is 0. The maximum atomic E-state index is 11.6. The van der Waals surface area contributed by atoms with Crippen LogP contribution in [0.1, 0.15) is 41.5 Å². The molecule has 4 nitrogen and oxygen atoms in total. The van der Waals surface area contributed by atoms with Gasteiger partial charge >= 0.3 is 0 Å². The lowest BCUT2D eigenvalue weighted by Crippen LogP contribution is -2.36. The number of thiol groups is 1. The van der Waals surface area contributed by atoms with E-state index in [-0.39, 0.29) is 23.3 Å². The van der Waals surface area contributed by atoms with Crippen LogP contribution in [0.5, 0.6) is 0 Å². The number of hydrogen-bond acceptors (Lipinski definition) is 5. The first kappa shape index (κ1) is 18.9. The van der Waals surface area contributed by atoms with Crippen LogP contribution in [0.4, 0.5) is 0 Å². The molecule has 0 aromatic carbocycles. The Bertz CT molecular complexity index is 269. The first-order valence-electron chi connectivity index (χ1n) is 6.70. The lowest BCUT2D eigenvalue weighted by Gasteiger charge is -2.30. The van der Waals surface area contributed by atoms with Gasteiger partial charge in [0.25, 0.3) is 0 Å². The number of Topliss-reactive ketones (excluding diaryl/α,β-unsaturated/α-hetero) is 1. The zero-order valence-corrected chi connectivity index (χ0v) is 14.0. The van der Waals surface area contributed by atoms with Gasteiger partial charge in [0.2, 0.25) is 0 Å². The van der Waals surface area contributed by atoms with Crippen LogP contribution < -0.4 is 0 Å². The fraction of sp³-hybridized carbons (Fsp3) is 0.929. The molecule has 0 N–H and O–H groups in total. The van der Waals surface area contributed by atoms with Crippen LogP contribution in [-0.2, 0) is 14.3 Å². The molecule has 0 aliphatic heterocycles. The molecule has 0 fully saturated rings. The lowest BCUT2D eigenvalue weighted by molar-refractivity contribution is -0.131. The summed E-state index contributed by atoms with van der Waals surface area (Å²) >= 11 is 4.39. The predicted octanol–water partition coefficient (Wildman–Crippen LogP) is 2.58. The van der Waals surface area contributed by atoms with Gasteiger partial charge < -0.3 is 9.47 Å². The smallest absolute Gasteiger partial charge is 0.163 e. The van der Waals surface area contributed by atoms with Gasteiger partial charge in [-0.3, -0.25) is 4.79 Å². The number of carbonyl (C=O) groups excluding carboxylic acids is 1. The summed E-state index contributed by atoms with van der Waals surface area (Å²) in [5.74, 6) is 0.113. The average Bonchev–Trinajstić information content (AvgIpc) is 2.24. The van der Waals surface area contributed by atoms with Crippen molar-refractivity contribution in [3.05, 3.63) is 0 Å². The van der Waals surface area contributed by atoms with Crippen molar-refractivity contribution in [2.45, 2.75) is 47.1 Å². The van der Waals surface area contributed by atoms with E-state index in [4.69, 9.17) is 9.47 Å². The first-order chi connectivity index (χ1) is 8.55. The number of ether oxygens (including phenoxy) is 2. The minimum atomic E-state index is -0.333. The minimum absolute atomic E-state index is 0.0299. The van der Waals surface area contributed by atoms with Crippen LogP contribution in [0.15, 0.2) is 0 Å². The maximum absolute atomic E-state index is 11.6. The summed E-state index contributed by atoms with van der Waals surface area (Å²) in [6, 6.07) is 0. The van der Waals surface area contributed by atoms with Gasteiger partial charge in [0.15, 0.2) is 5.78 Å². The molecule has 5 heteroatoms. The quantitative estimate of drug-likeness (QED) is 0.551. The normalized spacial score (nSPS) is 13.1. The highest BCUT2D eigenvalue weighted by molar-refractivity contribution is 7.77. The van der Waals surface area contributed by atoms with Crippen molar-refractivity contribution in [2.24, 2.45) is 5.41 Å². The Morgan fingerprint density at radius 2 is 1.53 bits per heavy atom. The zero-order chi connectivity index (χ0) is 15.1. The van der Waals surface area contributed by atoms with Gasteiger partial charge in [0, 0.05) is 17.5 Å². The van der Waals surface area contributed by atoms with Gasteiger partial charge in [0.1, 0.15) is 6.61 Å². The summed E-state index contributed by atoms with van der Waals surface area (Å²) in [6.45, 7) is 14.4. The zero-order valence-electron chi connectivity index (χ0n) is 13.2. The standard InChI is InChI=1S/C14H29NO3S/c1-13(2,3)12(16)11-18-10-9-17-8-7-15(19)14(4,5)6/h19H,7-11H2,1-6H3. The Balaban J connectivity index is 3.50. The third-order valence-electron chi connectivity index (χ3n) is 2.66. The van der Waals surface area contributed by atoms with E-state index in [0.29, 0.717) is 19.8 Å². The second-order valence-corrected chi connectivity index (χ2v) is 7.11. The Kier molecular flexibility index (Phi) is 8.20. The summed E-state index contributed by atoms with van der Waals surface area (Å²) in [7, 11) is 0. The molecule has 0 rings (SSSR count). The monoisotopic (exact) mass is 291 g/mol. The van der Waals surface area contributed by atoms with Gasteiger partial charge in [-0.05, 0) is 20.8 Å². The van der Waals surface area contributed by atoms with Crippen LogP contribution in [-0.4, -0.2) is 48.6 Å². The minimum Gasteiger partial charge on any atom is -0.378 e. The molecule has 0 unspecified atom stereocenters. The van der Waals surface area contributed by atoms with E-state index in [1.165, 1.54) is 0 Å². The van der Waals surface area contributed by atoms with Gasteiger partial charge in [-0.15, -0.1) is 0 Å². The van der Waals surface area contributed by atoms with E-state index in [0.717, 1.165) is 6.54 Å². The van der Waals surface area contributed by atoms with Crippen LogP contribution in [0.25, 0.3) is 0 Å². The molecule has 0 heterocycles. The highest BCUT2D eigenvalue weighted by Crippen LogP contribution is 2.15. The molecule has 0 aromatic heterocycles. The predicted molar refractivity (Wildman–Crippen MR) is 81.5 cm³/mol. The Hall–Kier alpha value is -0.100. The number of ketones is 1. The molecule has 0 aromatic rings. The van der Waals surface area contributed by atoms with E-state index < -0.39 is 0 Å². The van der Waals surface area contributed by atoms with E-state index in [9.17, 15) is 4.79 Å². The molecule has 0 bridgehead atoms. The third kappa shape index (κ3) is 9.44. The molecule has 0 aliphatic carbocycles. The van der Waals surface area contributed by atoms with Crippen molar-refractivity contribution in [1.82, 2.24) is 4.31 Å². The average molecular weight is 291 g/mol. The summed E-state index contributed by atoms with van der Waals surface area (Å²) < 4.78 is 12.7. The van der Waals surface area contributed by atoms with E-state index in [2.05, 4.69) is 33.6 Å². The van der Waals surface area contributed by atoms with Gasteiger partial charge in [-0.2, -0.15) is 0 Å². The molecule has 0 aliphatic rings. The fourth-order valence-electron chi connectivity index (χ4n) is 1.09. The highest BCUT2D eigenvalue weighted by atomic mass is 32.1. The maximum Gasteiger partial charge on any atom is 0.163 e. The van der Waals surface area contributed by atoms with E-state index >= 15 is 0 Å². The summed E-state index contributed by atoms with van der Waals surface area (Å²) in [4.78, 5) is 11.6. The van der Waals surface area contributed by atoms with Gasteiger partial charge in [0.05, 0.1) is 19.8 Å². The molecular formula is C14H29NO3S. The molecule has 114 valence electrons. The van der Waals surface area contributed by atoms with Crippen LogP contribution in [0.3, 0.4) is 0 Å². The molecule has 19 heavy (non-hydrogen) atoms. The Labute approximate surface area is 123 Å². The van der Waals surface area contributed by atoms with Gasteiger partial charge in [-0.25, -0.2) is 4.31 Å². The van der Waals surface area contributed by atoms with Crippen molar-refractivity contribution in [3.63, 3.8) is 0 Å². The number of nitrogens with zero attached hydrogens (tertiary/aromatic N) is 1. The largest absolute Gasteiger partial charge is 0.378 e. The SMILES string of the molecule is CC(C)(C)C(=O)COCCOCCN(S)C(C)(C)C. The molecular weight excluding hydrogens is 262 g/mol. The number of carbonyl (C=O) groups is 1. The van der Waals surface area contributed by atoms with Crippen LogP contribution >= 0.6 is 12.8 Å². The number of hydrogen-bond donors (Lipinski definition) is 1. The van der Waals surface area contributed by atoms with E-state index in [1.54, 1.807) is 0 Å².